The van der Waals surface area contributed by atoms with Crippen LogP contribution in [0.15, 0.2) is 58.4 Å². The molecule has 146 valence electrons. The number of carbonyl (C=O) groups is 1. The van der Waals surface area contributed by atoms with Crippen LogP contribution in [0.4, 0.5) is 5.69 Å². The van der Waals surface area contributed by atoms with Crippen LogP contribution in [-0.4, -0.2) is 28.6 Å². The van der Waals surface area contributed by atoms with Crippen molar-refractivity contribution in [1.29, 1.82) is 0 Å². The minimum absolute atomic E-state index is 0.00272. The van der Waals surface area contributed by atoms with Gasteiger partial charge < -0.3 is 4.74 Å². The van der Waals surface area contributed by atoms with Gasteiger partial charge in [0, 0.05) is 12.1 Å². The number of amides is 1. The first-order chi connectivity index (χ1) is 13.5. The molecule has 1 saturated heterocycles. The first-order valence-electron chi connectivity index (χ1n) is 9.60. The van der Waals surface area contributed by atoms with Crippen molar-refractivity contribution >= 4 is 34.6 Å². The molecule has 2 aromatic carbocycles. The van der Waals surface area contributed by atoms with Crippen molar-refractivity contribution in [2.24, 2.45) is 4.99 Å². The van der Waals surface area contributed by atoms with Gasteiger partial charge in [0.2, 0.25) is 0 Å². The molecule has 0 aliphatic carbocycles. The molecule has 1 amide bonds. The quantitative estimate of drug-likeness (QED) is 0.582. The summed E-state index contributed by atoms with van der Waals surface area (Å²) in [4.78, 5) is 20.2. The molecule has 0 radical (unpaired) electrons. The van der Waals surface area contributed by atoms with Gasteiger partial charge in [-0.1, -0.05) is 42.8 Å². The Bertz CT molecular complexity index is 901. The molecule has 0 spiro atoms. The maximum absolute atomic E-state index is 13.0. The summed E-state index contributed by atoms with van der Waals surface area (Å²) in [6.45, 7) is 8.75. The fourth-order valence-corrected chi connectivity index (χ4v) is 3.86. The number of thioether (sulfide) groups is 1. The van der Waals surface area contributed by atoms with Crippen molar-refractivity contribution < 1.29 is 9.53 Å². The van der Waals surface area contributed by atoms with E-state index < -0.39 is 0 Å². The fraction of sp³-hybridized carbons (Fsp3) is 0.304. The predicted octanol–water partition coefficient (Wildman–Crippen LogP) is 5.80. The van der Waals surface area contributed by atoms with E-state index in [-0.39, 0.29) is 12.0 Å². The van der Waals surface area contributed by atoms with Gasteiger partial charge in [-0.15, -0.1) is 0 Å². The van der Waals surface area contributed by atoms with Crippen LogP contribution in [-0.2, 0) is 4.79 Å². The molecule has 0 aromatic heterocycles. The number of hydrogen-bond donors (Lipinski definition) is 0. The smallest absolute Gasteiger partial charge is 0.266 e. The van der Waals surface area contributed by atoms with Crippen molar-refractivity contribution in [3.63, 3.8) is 0 Å². The molecule has 0 unspecified atom stereocenters. The van der Waals surface area contributed by atoms with E-state index in [0.717, 1.165) is 28.6 Å². The first kappa shape index (κ1) is 20.2. The fourth-order valence-electron chi connectivity index (χ4n) is 2.84. The van der Waals surface area contributed by atoms with E-state index in [4.69, 9.17) is 9.73 Å². The molecule has 1 heterocycles. The van der Waals surface area contributed by atoms with E-state index in [1.165, 1.54) is 17.3 Å². The molecule has 1 aliphatic rings. The molecule has 0 saturated carbocycles. The van der Waals surface area contributed by atoms with Crippen LogP contribution >= 0.6 is 11.8 Å². The summed E-state index contributed by atoms with van der Waals surface area (Å²) >= 11 is 1.42. The van der Waals surface area contributed by atoms with E-state index in [1.54, 1.807) is 4.90 Å². The third-order valence-corrected chi connectivity index (χ3v) is 5.17. The maximum Gasteiger partial charge on any atom is 0.266 e. The van der Waals surface area contributed by atoms with Gasteiger partial charge in [-0.3, -0.25) is 9.69 Å². The molecule has 1 fully saturated rings. The maximum atomic E-state index is 13.0. The zero-order valence-electron chi connectivity index (χ0n) is 16.8. The highest BCUT2D eigenvalue weighted by Crippen LogP contribution is 2.35. The second kappa shape index (κ2) is 9.11. The molecule has 2 aromatic rings. The summed E-state index contributed by atoms with van der Waals surface area (Å²) in [5, 5.41) is 0.726. The Hall–Kier alpha value is -2.53. The number of ether oxygens (including phenoxy) is 1. The Morgan fingerprint density at radius 1 is 1.14 bits per heavy atom. The number of benzene rings is 2. The highest BCUT2D eigenvalue weighted by molar-refractivity contribution is 8.18. The number of nitrogens with zero attached hydrogens (tertiary/aromatic N) is 2. The number of hydrogen-bond acceptors (Lipinski definition) is 4. The minimum Gasteiger partial charge on any atom is -0.490 e. The lowest BCUT2D eigenvalue weighted by atomic mass is 10.2. The number of carbonyl (C=O) groups excluding carboxylic acids is 1. The predicted molar refractivity (Wildman–Crippen MR) is 118 cm³/mol. The van der Waals surface area contributed by atoms with Crippen LogP contribution in [0.1, 0.15) is 38.3 Å². The minimum atomic E-state index is -0.00272. The number of amidine groups is 1. The van der Waals surface area contributed by atoms with Gasteiger partial charge in [-0.05, 0) is 63.2 Å². The van der Waals surface area contributed by atoms with Crippen molar-refractivity contribution in [3.8, 4) is 5.75 Å². The molecule has 4 nitrogen and oxygen atoms in total. The highest BCUT2D eigenvalue weighted by atomic mass is 32.2. The Kier molecular flexibility index (Phi) is 6.57. The van der Waals surface area contributed by atoms with E-state index in [1.807, 2.05) is 75.4 Å². The van der Waals surface area contributed by atoms with Crippen LogP contribution in [0.3, 0.4) is 0 Å². The van der Waals surface area contributed by atoms with Gasteiger partial charge in [0.05, 0.1) is 16.7 Å². The largest absolute Gasteiger partial charge is 0.490 e. The van der Waals surface area contributed by atoms with Gasteiger partial charge in [0.25, 0.3) is 5.91 Å². The lowest BCUT2D eigenvalue weighted by Crippen LogP contribution is -2.29. The van der Waals surface area contributed by atoms with Crippen molar-refractivity contribution in [1.82, 2.24) is 4.90 Å². The average molecular weight is 395 g/mol. The number of rotatable bonds is 6. The van der Waals surface area contributed by atoms with E-state index in [9.17, 15) is 4.79 Å². The topological polar surface area (TPSA) is 41.9 Å². The molecular formula is C23H26N2O2S. The van der Waals surface area contributed by atoms with Crippen molar-refractivity contribution in [2.45, 2.75) is 40.2 Å². The lowest BCUT2D eigenvalue weighted by molar-refractivity contribution is -0.122. The van der Waals surface area contributed by atoms with Gasteiger partial charge in [0.1, 0.15) is 5.75 Å². The lowest BCUT2D eigenvalue weighted by Gasteiger charge is -2.14. The van der Waals surface area contributed by atoms with Crippen LogP contribution in [0.5, 0.6) is 5.75 Å². The van der Waals surface area contributed by atoms with Crippen LogP contribution in [0, 0.1) is 6.92 Å². The van der Waals surface area contributed by atoms with Gasteiger partial charge in [0.15, 0.2) is 5.17 Å². The zero-order valence-corrected chi connectivity index (χ0v) is 17.6. The Morgan fingerprint density at radius 3 is 2.54 bits per heavy atom. The monoisotopic (exact) mass is 394 g/mol. The molecule has 0 bridgehead atoms. The van der Waals surface area contributed by atoms with Gasteiger partial charge in [-0.2, -0.15) is 0 Å². The summed E-state index contributed by atoms with van der Waals surface area (Å²) in [6, 6.07) is 15.8. The molecule has 0 atom stereocenters. The Labute approximate surface area is 171 Å². The van der Waals surface area contributed by atoms with Crippen LogP contribution < -0.4 is 4.74 Å². The van der Waals surface area contributed by atoms with Crippen molar-refractivity contribution in [3.05, 3.63) is 64.6 Å². The summed E-state index contributed by atoms with van der Waals surface area (Å²) in [5.41, 5.74) is 2.94. The summed E-state index contributed by atoms with van der Waals surface area (Å²) in [5.74, 6) is 0.779. The third kappa shape index (κ3) is 4.84. The molecular weight excluding hydrogens is 368 g/mol. The number of aryl methyl sites for hydroxylation is 1. The molecule has 0 N–H and O–H groups in total. The van der Waals surface area contributed by atoms with E-state index in [0.29, 0.717) is 11.4 Å². The summed E-state index contributed by atoms with van der Waals surface area (Å²) < 4.78 is 5.89. The van der Waals surface area contributed by atoms with Crippen LogP contribution in [0.2, 0.25) is 0 Å². The van der Waals surface area contributed by atoms with Gasteiger partial charge in [-0.25, -0.2) is 4.99 Å². The first-order valence-corrected chi connectivity index (χ1v) is 10.4. The number of para-hydroxylation sites is 1. The summed E-state index contributed by atoms with van der Waals surface area (Å²) in [6.07, 6.45) is 2.85. The molecule has 3 rings (SSSR count). The molecule has 5 heteroatoms. The second-order valence-electron chi connectivity index (χ2n) is 7.00. The van der Waals surface area contributed by atoms with Crippen LogP contribution in [0.25, 0.3) is 6.08 Å². The van der Waals surface area contributed by atoms with Gasteiger partial charge >= 0.3 is 0 Å². The SMILES string of the molecule is CCCN1C(=O)/C(=C\c2ccccc2OC(C)C)SC1=Nc1ccc(C)cc1. The highest BCUT2D eigenvalue weighted by Gasteiger charge is 2.33. The van der Waals surface area contributed by atoms with E-state index >= 15 is 0 Å². The molecule has 1 aliphatic heterocycles. The van der Waals surface area contributed by atoms with Crippen molar-refractivity contribution in [2.75, 3.05) is 6.54 Å². The Morgan fingerprint density at radius 2 is 1.86 bits per heavy atom. The average Bonchev–Trinajstić information content (AvgIpc) is 2.94. The standard InChI is InChI=1S/C23H26N2O2S/c1-5-14-25-22(26)21(15-18-8-6-7-9-20(18)27-16(2)3)28-23(25)24-19-12-10-17(4)11-13-19/h6-13,15-16H,5,14H2,1-4H3/b21-15+,24-23?. The third-order valence-electron chi connectivity index (χ3n) is 4.16. The second-order valence-corrected chi connectivity index (χ2v) is 8.01. The zero-order chi connectivity index (χ0) is 20.1. The Balaban J connectivity index is 1.94. The molecule has 28 heavy (non-hydrogen) atoms. The normalized spacial score (nSPS) is 17.2. The van der Waals surface area contributed by atoms with E-state index in [2.05, 4.69) is 6.92 Å². The number of aliphatic imine (C=N–C) groups is 1. The summed E-state index contributed by atoms with van der Waals surface area (Å²) in [7, 11) is 0.